The zero-order valence-corrected chi connectivity index (χ0v) is 15.1. The number of unbranched alkanes of at least 4 members (excludes halogenated alkanes) is 3. The number of benzene rings is 1. The predicted molar refractivity (Wildman–Crippen MR) is 95.0 cm³/mol. The summed E-state index contributed by atoms with van der Waals surface area (Å²) >= 11 is 0. The van der Waals surface area contributed by atoms with Crippen molar-refractivity contribution in [2.75, 3.05) is 13.7 Å². The first kappa shape index (κ1) is 18.5. The number of nitrogens with zero attached hydrogens (tertiary/aromatic N) is 1. The van der Waals surface area contributed by atoms with E-state index in [0.717, 1.165) is 30.3 Å². The Kier molecular flexibility index (Phi) is 6.83. The van der Waals surface area contributed by atoms with Gasteiger partial charge < -0.3 is 4.74 Å². The van der Waals surface area contributed by atoms with Gasteiger partial charge in [0.25, 0.3) is 0 Å². The van der Waals surface area contributed by atoms with Crippen LogP contribution in [0, 0.1) is 5.92 Å². The number of likely N-dealkylation sites (N-methyl/N-ethyl adjacent to an activating group) is 1. The van der Waals surface area contributed by atoms with Gasteiger partial charge in [0.05, 0.1) is 12.5 Å². The van der Waals surface area contributed by atoms with Crippen LogP contribution in [0.15, 0.2) is 24.3 Å². The van der Waals surface area contributed by atoms with Crippen LogP contribution in [0.25, 0.3) is 0 Å². The maximum Gasteiger partial charge on any atom is 0.236 e. The summed E-state index contributed by atoms with van der Waals surface area (Å²) in [6.45, 7) is 5.25. The molecule has 1 fully saturated rings. The molecule has 4 nitrogen and oxygen atoms in total. The molecular formula is C20H29NO3. The second-order valence-electron chi connectivity index (χ2n) is 7.06. The summed E-state index contributed by atoms with van der Waals surface area (Å²) < 4.78 is 5.76. The third-order valence-electron chi connectivity index (χ3n) is 4.61. The van der Waals surface area contributed by atoms with Crippen LogP contribution >= 0.6 is 0 Å². The molecule has 0 aliphatic carbocycles. The summed E-state index contributed by atoms with van der Waals surface area (Å²) in [6.07, 6.45) is 6.42. The molecule has 0 spiro atoms. The zero-order chi connectivity index (χ0) is 17.5. The van der Waals surface area contributed by atoms with Crippen molar-refractivity contribution in [3.63, 3.8) is 0 Å². The number of carbonyl (C=O) groups excluding carboxylic acids is 2. The highest BCUT2D eigenvalue weighted by Gasteiger charge is 2.36. The molecule has 0 unspecified atom stereocenters. The molecule has 0 bridgehead atoms. The molecule has 1 aliphatic heterocycles. The lowest BCUT2D eigenvalue weighted by Crippen LogP contribution is -2.25. The van der Waals surface area contributed by atoms with Crippen molar-refractivity contribution < 1.29 is 14.3 Å². The van der Waals surface area contributed by atoms with Crippen LogP contribution < -0.4 is 4.74 Å². The van der Waals surface area contributed by atoms with Gasteiger partial charge in [0.2, 0.25) is 11.8 Å². The van der Waals surface area contributed by atoms with E-state index in [1.807, 2.05) is 24.3 Å². The number of imide groups is 1. The highest BCUT2D eigenvalue weighted by molar-refractivity contribution is 6.05. The molecule has 1 aromatic carbocycles. The molecule has 0 aromatic heterocycles. The van der Waals surface area contributed by atoms with E-state index < -0.39 is 0 Å². The summed E-state index contributed by atoms with van der Waals surface area (Å²) in [5.41, 5.74) is 0.888. The molecule has 24 heavy (non-hydrogen) atoms. The normalized spacial score (nSPS) is 17.8. The molecule has 4 heteroatoms. The summed E-state index contributed by atoms with van der Waals surface area (Å²) in [6, 6.07) is 7.58. The number of ether oxygens (including phenoxy) is 1. The van der Waals surface area contributed by atoms with Crippen LogP contribution in [-0.4, -0.2) is 30.4 Å². The van der Waals surface area contributed by atoms with Gasteiger partial charge in [-0.2, -0.15) is 0 Å². The van der Waals surface area contributed by atoms with Crippen LogP contribution in [0.1, 0.15) is 63.9 Å². The quantitative estimate of drug-likeness (QED) is 0.504. The third-order valence-corrected chi connectivity index (χ3v) is 4.61. The monoisotopic (exact) mass is 331 g/mol. The van der Waals surface area contributed by atoms with Crippen molar-refractivity contribution in [3.05, 3.63) is 29.8 Å². The standard InChI is InChI=1S/C20H29NO3/c1-15(2)8-6-4-5-7-13-24-17-11-9-16(10-12-17)18-14-19(22)21(3)20(18)23/h9-12,15,18H,4-8,13-14H2,1-3H3/t18-/m0/s1. The first-order chi connectivity index (χ1) is 11.5. The molecule has 0 N–H and O–H groups in total. The molecule has 2 rings (SSSR count). The Labute approximate surface area is 145 Å². The van der Waals surface area contributed by atoms with Crippen molar-refractivity contribution in [1.82, 2.24) is 4.90 Å². The molecule has 1 aliphatic rings. The number of carbonyl (C=O) groups is 2. The minimum Gasteiger partial charge on any atom is -0.494 e. The van der Waals surface area contributed by atoms with E-state index in [0.29, 0.717) is 0 Å². The number of likely N-dealkylation sites (tertiary alicyclic amines) is 1. The van der Waals surface area contributed by atoms with Gasteiger partial charge in [0.15, 0.2) is 0 Å². The lowest BCUT2D eigenvalue weighted by molar-refractivity contribution is -0.137. The first-order valence-electron chi connectivity index (χ1n) is 9.02. The second kappa shape index (κ2) is 8.86. The molecule has 1 heterocycles. The fourth-order valence-electron chi connectivity index (χ4n) is 3.01. The van der Waals surface area contributed by atoms with Crippen molar-refractivity contribution in [3.8, 4) is 5.75 Å². The third kappa shape index (κ3) is 5.08. The number of rotatable bonds is 9. The molecule has 1 aromatic rings. The average Bonchev–Trinajstić information content (AvgIpc) is 2.82. The Balaban J connectivity index is 1.71. The fraction of sp³-hybridized carbons (Fsp3) is 0.600. The molecule has 0 saturated carbocycles. The van der Waals surface area contributed by atoms with E-state index in [-0.39, 0.29) is 24.2 Å². The minimum absolute atomic E-state index is 0.109. The Morgan fingerprint density at radius 3 is 2.33 bits per heavy atom. The molecular weight excluding hydrogens is 302 g/mol. The van der Waals surface area contributed by atoms with E-state index in [2.05, 4.69) is 13.8 Å². The topological polar surface area (TPSA) is 46.6 Å². The van der Waals surface area contributed by atoms with E-state index in [4.69, 9.17) is 4.74 Å². The zero-order valence-electron chi connectivity index (χ0n) is 15.1. The van der Waals surface area contributed by atoms with Gasteiger partial charge in [-0.1, -0.05) is 51.7 Å². The lowest BCUT2D eigenvalue weighted by atomic mass is 9.97. The van der Waals surface area contributed by atoms with E-state index >= 15 is 0 Å². The van der Waals surface area contributed by atoms with Gasteiger partial charge >= 0.3 is 0 Å². The van der Waals surface area contributed by atoms with Crippen LogP contribution in [0.2, 0.25) is 0 Å². The van der Waals surface area contributed by atoms with Crippen LogP contribution in [0.5, 0.6) is 5.75 Å². The molecule has 1 saturated heterocycles. The molecule has 132 valence electrons. The minimum atomic E-state index is -0.336. The van der Waals surface area contributed by atoms with Gasteiger partial charge in [-0.05, 0) is 30.0 Å². The van der Waals surface area contributed by atoms with E-state index in [1.165, 1.54) is 30.6 Å². The Morgan fingerprint density at radius 1 is 1.08 bits per heavy atom. The van der Waals surface area contributed by atoms with Crippen LogP contribution in [-0.2, 0) is 9.59 Å². The van der Waals surface area contributed by atoms with Crippen molar-refractivity contribution >= 4 is 11.8 Å². The maximum atomic E-state index is 12.0. The van der Waals surface area contributed by atoms with Gasteiger partial charge in [-0.25, -0.2) is 0 Å². The van der Waals surface area contributed by atoms with Gasteiger partial charge in [-0.3, -0.25) is 14.5 Å². The fourth-order valence-corrected chi connectivity index (χ4v) is 3.01. The maximum absolute atomic E-state index is 12.0. The molecule has 1 atom stereocenters. The lowest BCUT2D eigenvalue weighted by Gasteiger charge is -2.11. The Hall–Kier alpha value is -1.84. The SMILES string of the molecule is CC(C)CCCCCCOc1ccc([C@@H]2CC(=O)N(C)C2=O)cc1. The highest BCUT2D eigenvalue weighted by atomic mass is 16.5. The van der Waals surface area contributed by atoms with Crippen molar-refractivity contribution in [1.29, 1.82) is 0 Å². The number of hydrogen-bond donors (Lipinski definition) is 0. The van der Waals surface area contributed by atoms with Gasteiger partial charge in [0.1, 0.15) is 5.75 Å². The Bertz CT molecular complexity index is 551. The number of hydrogen-bond acceptors (Lipinski definition) is 3. The van der Waals surface area contributed by atoms with Gasteiger partial charge in [-0.15, -0.1) is 0 Å². The summed E-state index contributed by atoms with van der Waals surface area (Å²) in [7, 11) is 1.54. The number of amides is 2. The van der Waals surface area contributed by atoms with Crippen molar-refractivity contribution in [2.45, 2.75) is 58.3 Å². The van der Waals surface area contributed by atoms with E-state index in [9.17, 15) is 9.59 Å². The predicted octanol–water partition coefficient (Wildman–Crippen LogP) is 4.14. The summed E-state index contributed by atoms with van der Waals surface area (Å²) in [5, 5.41) is 0. The van der Waals surface area contributed by atoms with Crippen LogP contribution in [0.3, 0.4) is 0 Å². The smallest absolute Gasteiger partial charge is 0.236 e. The van der Waals surface area contributed by atoms with E-state index in [1.54, 1.807) is 7.05 Å². The molecule has 2 amide bonds. The Morgan fingerprint density at radius 2 is 1.75 bits per heavy atom. The summed E-state index contributed by atoms with van der Waals surface area (Å²) in [5.74, 6) is 1.06. The highest BCUT2D eigenvalue weighted by Crippen LogP contribution is 2.29. The average molecular weight is 331 g/mol. The first-order valence-corrected chi connectivity index (χ1v) is 9.02. The summed E-state index contributed by atoms with van der Waals surface area (Å²) in [4.78, 5) is 24.8. The van der Waals surface area contributed by atoms with Gasteiger partial charge in [0, 0.05) is 13.5 Å². The second-order valence-corrected chi connectivity index (χ2v) is 7.06. The molecule has 0 radical (unpaired) electrons. The van der Waals surface area contributed by atoms with Crippen molar-refractivity contribution in [2.24, 2.45) is 5.92 Å². The van der Waals surface area contributed by atoms with Crippen LogP contribution in [0.4, 0.5) is 0 Å². The largest absolute Gasteiger partial charge is 0.494 e.